The fourth-order valence-electron chi connectivity index (χ4n) is 0.465. The predicted molar refractivity (Wildman–Crippen MR) is 36.1 cm³/mol. The zero-order chi connectivity index (χ0) is 6.57. The van der Waals surface area contributed by atoms with Crippen LogP contribution < -0.4 is 0 Å². The third-order valence-electron chi connectivity index (χ3n) is 0.829. The zero-order valence-corrected chi connectivity index (χ0v) is 7.11. The summed E-state index contributed by atoms with van der Waals surface area (Å²) < 4.78 is 0.984. The molecule has 0 spiro atoms. The molecule has 1 nitrogen and oxygen atoms in total. The van der Waals surface area contributed by atoms with Crippen molar-refractivity contribution in [3.63, 3.8) is 0 Å². The maximum atomic E-state index is 10.6. The second-order valence-corrected chi connectivity index (χ2v) is 3.19. The van der Waals surface area contributed by atoms with Crippen molar-refractivity contribution in [2.45, 2.75) is 19.7 Å². The topological polar surface area (TPSA) is 17.1 Å². The van der Waals surface area contributed by atoms with Crippen LogP contribution in [0.2, 0.25) is 5.82 Å². The number of carbonyl (C=O) groups is 1. The molecule has 0 unspecified atom stereocenters. The van der Waals surface area contributed by atoms with Gasteiger partial charge in [-0.15, -0.1) is 0 Å². The molecular formula is C6H10OSe. The molecule has 0 amide bonds. The average molecular weight is 177 g/mol. The van der Waals surface area contributed by atoms with Crippen LogP contribution >= 0.6 is 0 Å². The minimum atomic E-state index is 0.218. The molecule has 0 aliphatic carbocycles. The molecule has 8 heavy (non-hydrogen) atoms. The number of ketones is 1. The van der Waals surface area contributed by atoms with Crippen LogP contribution in [-0.4, -0.2) is 20.7 Å². The molecule has 0 aromatic carbocycles. The third kappa shape index (κ3) is 2.29. The van der Waals surface area contributed by atoms with Crippen molar-refractivity contribution in [1.82, 2.24) is 0 Å². The summed E-state index contributed by atoms with van der Waals surface area (Å²) in [4.78, 5) is 10.6. The van der Waals surface area contributed by atoms with E-state index in [9.17, 15) is 4.79 Å². The first-order valence-corrected chi connectivity index (χ1v) is 5.00. The third-order valence-corrected chi connectivity index (χ3v) is 2.85. The van der Waals surface area contributed by atoms with Gasteiger partial charge in [0, 0.05) is 0 Å². The van der Waals surface area contributed by atoms with Crippen LogP contribution in [0.1, 0.15) is 13.8 Å². The first-order chi connectivity index (χ1) is 3.72. The molecule has 0 saturated heterocycles. The van der Waals surface area contributed by atoms with Crippen LogP contribution in [0.3, 0.4) is 0 Å². The summed E-state index contributed by atoms with van der Waals surface area (Å²) in [5.41, 5.74) is 0. The van der Waals surface area contributed by atoms with Crippen LogP contribution in [0.15, 0.2) is 10.5 Å². The van der Waals surface area contributed by atoms with Gasteiger partial charge in [0.25, 0.3) is 0 Å². The Morgan fingerprint density at radius 1 is 1.62 bits per heavy atom. The van der Waals surface area contributed by atoms with E-state index in [1.165, 1.54) is 0 Å². The SMILES string of the molecule is C/C=C(\[Se]C)C(C)=O. The average Bonchev–Trinajstić information content (AvgIpc) is 1.69. The molecule has 0 radical (unpaired) electrons. The standard InChI is InChI=1S/C6H10OSe/c1-4-6(8-3)5(2)7/h4H,1-3H3/b6-4-. The van der Waals surface area contributed by atoms with Gasteiger partial charge in [0.15, 0.2) is 0 Å². The fourth-order valence-corrected chi connectivity index (χ4v) is 1.56. The summed E-state index contributed by atoms with van der Waals surface area (Å²) in [7, 11) is 0. The number of allylic oxidation sites excluding steroid dienone is 2. The van der Waals surface area contributed by atoms with Gasteiger partial charge >= 0.3 is 55.8 Å². The molecule has 46 valence electrons. The first-order valence-electron chi connectivity index (χ1n) is 2.43. The van der Waals surface area contributed by atoms with Gasteiger partial charge in [-0.1, -0.05) is 0 Å². The van der Waals surface area contributed by atoms with E-state index in [1.807, 2.05) is 18.8 Å². The normalized spacial score (nSPS) is 11.6. The minimum absolute atomic E-state index is 0.218. The quantitative estimate of drug-likeness (QED) is 0.458. The summed E-state index contributed by atoms with van der Waals surface area (Å²) >= 11 is 0.376. The molecule has 0 atom stereocenters. The van der Waals surface area contributed by atoms with Crippen molar-refractivity contribution in [3.05, 3.63) is 10.5 Å². The van der Waals surface area contributed by atoms with E-state index in [0.717, 1.165) is 4.47 Å². The first kappa shape index (κ1) is 7.93. The molecule has 0 aliphatic rings. The van der Waals surface area contributed by atoms with E-state index in [4.69, 9.17) is 0 Å². The Morgan fingerprint density at radius 2 is 2.12 bits per heavy atom. The summed E-state index contributed by atoms with van der Waals surface area (Å²) in [5.74, 6) is 2.26. The van der Waals surface area contributed by atoms with E-state index in [1.54, 1.807) is 6.92 Å². The maximum absolute atomic E-state index is 10.6. The monoisotopic (exact) mass is 178 g/mol. The Labute approximate surface area is 56.3 Å². The van der Waals surface area contributed by atoms with Crippen molar-refractivity contribution in [2.24, 2.45) is 0 Å². The molecule has 2 heteroatoms. The Kier molecular flexibility index (Phi) is 3.84. The molecule has 0 aliphatic heterocycles. The molecule has 0 bridgehead atoms. The van der Waals surface area contributed by atoms with E-state index in [-0.39, 0.29) is 5.78 Å². The molecule has 0 aromatic rings. The van der Waals surface area contributed by atoms with Gasteiger partial charge in [-0.25, -0.2) is 0 Å². The van der Waals surface area contributed by atoms with E-state index in [2.05, 4.69) is 0 Å². The Bertz CT molecular complexity index is 116. The van der Waals surface area contributed by atoms with Gasteiger partial charge in [0.1, 0.15) is 0 Å². The van der Waals surface area contributed by atoms with Crippen molar-refractivity contribution in [2.75, 3.05) is 0 Å². The van der Waals surface area contributed by atoms with E-state index >= 15 is 0 Å². The van der Waals surface area contributed by atoms with Gasteiger partial charge in [-0.2, -0.15) is 0 Å². The van der Waals surface area contributed by atoms with Crippen molar-refractivity contribution in [1.29, 1.82) is 0 Å². The van der Waals surface area contributed by atoms with Crippen LogP contribution in [0, 0.1) is 0 Å². The Morgan fingerprint density at radius 3 is 2.12 bits per heavy atom. The van der Waals surface area contributed by atoms with Crippen molar-refractivity contribution in [3.8, 4) is 0 Å². The van der Waals surface area contributed by atoms with Gasteiger partial charge in [-0.05, 0) is 0 Å². The molecular weight excluding hydrogens is 167 g/mol. The van der Waals surface area contributed by atoms with Crippen LogP contribution in [-0.2, 0) is 4.79 Å². The molecule has 0 saturated carbocycles. The van der Waals surface area contributed by atoms with Gasteiger partial charge < -0.3 is 0 Å². The molecule has 0 rings (SSSR count). The molecule has 0 heterocycles. The van der Waals surface area contributed by atoms with Crippen molar-refractivity contribution >= 4 is 20.7 Å². The Balaban J connectivity index is 3.92. The summed E-state index contributed by atoms with van der Waals surface area (Å²) in [6.07, 6.45) is 1.89. The van der Waals surface area contributed by atoms with E-state index in [0.29, 0.717) is 15.0 Å². The van der Waals surface area contributed by atoms with Gasteiger partial charge in [0.2, 0.25) is 0 Å². The second kappa shape index (κ2) is 3.87. The number of rotatable bonds is 2. The molecule has 0 fully saturated rings. The number of Topliss-reactive ketones (excluding diaryl/α,β-unsaturated/α-hetero) is 1. The van der Waals surface area contributed by atoms with Crippen LogP contribution in [0.4, 0.5) is 0 Å². The zero-order valence-electron chi connectivity index (χ0n) is 5.39. The molecule has 0 aromatic heterocycles. The molecule has 0 N–H and O–H groups in total. The van der Waals surface area contributed by atoms with Gasteiger partial charge in [-0.3, -0.25) is 0 Å². The fraction of sp³-hybridized carbons (Fsp3) is 0.500. The second-order valence-electron chi connectivity index (χ2n) is 1.41. The van der Waals surface area contributed by atoms with E-state index < -0.39 is 0 Å². The number of hydrogen-bond acceptors (Lipinski definition) is 1. The number of carbonyl (C=O) groups excluding carboxylic acids is 1. The van der Waals surface area contributed by atoms with Crippen LogP contribution in [0.25, 0.3) is 0 Å². The number of hydrogen-bond donors (Lipinski definition) is 0. The van der Waals surface area contributed by atoms with Crippen LogP contribution in [0.5, 0.6) is 0 Å². The summed E-state index contributed by atoms with van der Waals surface area (Å²) in [6, 6.07) is 0. The van der Waals surface area contributed by atoms with Crippen molar-refractivity contribution < 1.29 is 4.79 Å². The van der Waals surface area contributed by atoms with Gasteiger partial charge in [0.05, 0.1) is 0 Å². The Hall–Kier alpha value is -0.0705. The summed E-state index contributed by atoms with van der Waals surface area (Å²) in [6.45, 7) is 3.52. The predicted octanol–water partition coefficient (Wildman–Crippen LogP) is 1.23. The summed E-state index contributed by atoms with van der Waals surface area (Å²) in [5, 5.41) is 0.